The van der Waals surface area contributed by atoms with Gasteiger partial charge in [-0.2, -0.15) is 27.6 Å². The molecule has 0 atom stereocenters. The number of allylic oxidation sites excluding steroid dienone is 2. The molecule has 2 saturated heterocycles. The number of Topliss-reactive ketones (excluding diaryl/α,β-unsaturated/α-hetero) is 1. The Labute approximate surface area is 159 Å². The number of nitrogens with zero attached hydrogens (tertiary/aromatic N) is 6. The molecule has 4 heterocycles. The number of alkyl halides is 3. The second kappa shape index (κ2) is 5.74. The van der Waals surface area contributed by atoms with Gasteiger partial charge in [0.05, 0.1) is 11.3 Å². The minimum absolute atomic E-state index is 0.0248. The molecule has 0 spiro atoms. The summed E-state index contributed by atoms with van der Waals surface area (Å²) < 4.78 is 43.4. The second-order valence-electron chi connectivity index (χ2n) is 6.46. The summed E-state index contributed by atoms with van der Waals surface area (Å²) in [4.78, 5) is 33.3. The number of carbonyl (C=O) groups is 2. The summed E-state index contributed by atoms with van der Waals surface area (Å²) in [7, 11) is 0. The molecule has 0 saturated carbocycles. The van der Waals surface area contributed by atoms with E-state index in [2.05, 4.69) is 14.5 Å². The zero-order valence-electron chi connectivity index (χ0n) is 14.1. The Kier molecular flexibility index (Phi) is 3.50. The molecule has 28 heavy (non-hydrogen) atoms. The van der Waals surface area contributed by atoms with Gasteiger partial charge in [0.1, 0.15) is 5.70 Å². The fourth-order valence-corrected chi connectivity index (χ4v) is 3.54. The minimum atomic E-state index is -4.57. The Balaban J connectivity index is 1.54. The molecule has 1 aliphatic carbocycles. The highest BCUT2D eigenvalue weighted by molar-refractivity contribution is 7.08. The van der Waals surface area contributed by atoms with Crippen LogP contribution in [-0.4, -0.2) is 66.7 Å². The van der Waals surface area contributed by atoms with Gasteiger partial charge in [0.25, 0.3) is 0 Å². The van der Waals surface area contributed by atoms with E-state index in [0.29, 0.717) is 31.9 Å². The summed E-state index contributed by atoms with van der Waals surface area (Å²) in [5, 5.41) is 3.54. The van der Waals surface area contributed by atoms with Crippen LogP contribution < -0.4 is 0 Å². The van der Waals surface area contributed by atoms with Crippen molar-refractivity contribution in [3.63, 3.8) is 0 Å². The largest absolute Gasteiger partial charge is 0.435 e. The average molecular weight is 408 g/mol. The molecular weight excluding hydrogens is 397 g/mol. The van der Waals surface area contributed by atoms with Gasteiger partial charge in [-0.05, 0) is 6.07 Å². The van der Waals surface area contributed by atoms with Crippen molar-refractivity contribution in [2.24, 2.45) is 0 Å². The fourth-order valence-electron chi connectivity index (χ4n) is 2.93. The maximum Gasteiger partial charge on any atom is 0.435 e. The van der Waals surface area contributed by atoms with Crippen LogP contribution in [0.3, 0.4) is 0 Å². The fraction of sp³-hybridized carbons (Fsp3) is 0.312. The third kappa shape index (κ3) is 2.80. The van der Waals surface area contributed by atoms with Gasteiger partial charge in [-0.1, -0.05) is 0 Å². The highest BCUT2D eigenvalue weighted by atomic mass is 32.1. The first-order chi connectivity index (χ1) is 13.3. The van der Waals surface area contributed by atoms with Gasteiger partial charge in [0.15, 0.2) is 11.5 Å². The topological polar surface area (TPSA) is 83.8 Å². The van der Waals surface area contributed by atoms with E-state index in [9.17, 15) is 22.8 Å². The molecule has 0 bridgehead atoms. The first-order valence-corrected chi connectivity index (χ1v) is 9.12. The van der Waals surface area contributed by atoms with E-state index in [1.165, 1.54) is 6.08 Å². The summed E-state index contributed by atoms with van der Waals surface area (Å²) in [5.74, 6) is -0.611. The normalized spacial score (nSPS) is 19.5. The van der Waals surface area contributed by atoms with Gasteiger partial charge < -0.3 is 9.80 Å². The zero-order valence-corrected chi connectivity index (χ0v) is 14.9. The Morgan fingerprint density at radius 2 is 1.79 bits per heavy atom. The molecular formula is C16H11F3N6O2S. The third-order valence-electron chi connectivity index (χ3n) is 4.46. The predicted octanol–water partition coefficient (Wildman–Crippen LogP) is 1.12. The zero-order chi connectivity index (χ0) is 19.6. The Hall–Kier alpha value is -3.02. The molecule has 0 aromatic carbocycles. The highest BCUT2D eigenvalue weighted by Gasteiger charge is 2.41. The van der Waals surface area contributed by atoms with Crippen molar-refractivity contribution < 1.29 is 22.8 Å². The number of halogens is 3. The first-order valence-electron chi connectivity index (χ1n) is 8.35. The van der Waals surface area contributed by atoms with E-state index >= 15 is 0 Å². The monoisotopic (exact) mass is 408 g/mol. The third-order valence-corrected chi connectivity index (χ3v) is 5.17. The molecule has 8 nitrogen and oxygen atoms in total. The number of carbonyl (C=O) groups excluding carboxylic acids is 2. The summed E-state index contributed by atoms with van der Waals surface area (Å²) in [6, 6.07) is 0.832. The molecule has 2 aromatic rings. The quantitative estimate of drug-likeness (QED) is 0.554. The second-order valence-corrected chi connectivity index (χ2v) is 7.19. The van der Waals surface area contributed by atoms with Crippen LogP contribution in [0, 0.1) is 0 Å². The van der Waals surface area contributed by atoms with Crippen LogP contribution in [0.1, 0.15) is 11.5 Å². The minimum Gasteiger partial charge on any atom is -0.365 e. The summed E-state index contributed by atoms with van der Waals surface area (Å²) in [5.41, 5.74) is -0.404. The molecule has 2 fully saturated rings. The lowest BCUT2D eigenvalue weighted by Crippen LogP contribution is -2.26. The molecule has 144 valence electrons. The maximum atomic E-state index is 13.0. The first kappa shape index (κ1) is 17.1. The molecule has 0 amide bonds. The molecule has 0 radical (unpaired) electrons. The van der Waals surface area contributed by atoms with Gasteiger partial charge in [-0.15, -0.1) is 0 Å². The van der Waals surface area contributed by atoms with E-state index in [4.69, 9.17) is 0 Å². The van der Waals surface area contributed by atoms with E-state index in [1.54, 1.807) is 9.80 Å². The van der Waals surface area contributed by atoms with E-state index in [-0.39, 0.29) is 33.8 Å². The van der Waals surface area contributed by atoms with Gasteiger partial charge in [-0.3, -0.25) is 9.59 Å². The lowest BCUT2D eigenvalue weighted by Gasteiger charge is -2.18. The number of ketones is 2. The Morgan fingerprint density at radius 3 is 2.39 bits per heavy atom. The summed E-state index contributed by atoms with van der Waals surface area (Å²) >= 11 is 0.806. The van der Waals surface area contributed by atoms with Crippen molar-refractivity contribution in [3.8, 4) is 5.13 Å². The lowest BCUT2D eigenvalue weighted by molar-refractivity contribution is -0.141. The maximum absolute atomic E-state index is 13.0. The SMILES string of the molecule is O=C1C=C(N2CC2)C(=O)C(c2nsc(-n3ccc(C(F)(F)F)n3)n2)=C1N1CC1. The molecule has 12 heteroatoms. The van der Waals surface area contributed by atoms with Gasteiger partial charge in [0.2, 0.25) is 16.7 Å². The van der Waals surface area contributed by atoms with Crippen LogP contribution in [0.15, 0.2) is 29.7 Å². The number of aromatic nitrogens is 4. The Bertz CT molecular complexity index is 1070. The van der Waals surface area contributed by atoms with Crippen molar-refractivity contribution in [3.05, 3.63) is 41.3 Å². The molecule has 5 rings (SSSR count). The predicted molar refractivity (Wildman–Crippen MR) is 90.2 cm³/mol. The standard InChI is InChI=1S/C16H11F3N6O2S/c17-16(18,19)10-1-2-25(21-10)15-20-14(22-28-15)11-12(24-5-6-24)9(26)7-8(13(11)27)23-3-4-23/h1-2,7H,3-6H2. The average Bonchev–Trinajstić information content (AvgIpc) is 3.54. The van der Waals surface area contributed by atoms with Gasteiger partial charge in [0, 0.05) is 50.0 Å². The summed E-state index contributed by atoms with van der Waals surface area (Å²) in [6.07, 6.45) is -2.11. The van der Waals surface area contributed by atoms with E-state index in [1.807, 2.05) is 0 Å². The number of hydrogen-bond donors (Lipinski definition) is 0. The molecule has 3 aliphatic rings. The molecule has 0 N–H and O–H groups in total. The van der Waals surface area contributed by atoms with E-state index < -0.39 is 11.9 Å². The lowest BCUT2D eigenvalue weighted by atomic mass is 9.96. The molecule has 2 aliphatic heterocycles. The van der Waals surface area contributed by atoms with Crippen LogP contribution in [0.4, 0.5) is 13.2 Å². The van der Waals surface area contributed by atoms with Crippen LogP contribution in [0.5, 0.6) is 0 Å². The highest BCUT2D eigenvalue weighted by Crippen LogP contribution is 2.35. The van der Waals surface area contributed by atoms with Gasteiger partial charge >= 0.3 is 6.18 Å². The molecule has 2 aromatic heterocycles. The van der Waals surface area contributed by atoms with Crippen LogP contribution in [-0.2, 0) is 15.8 Å². The van der Waals surface area contributed by atoms with Crippen molar-refractivity contribution in [2.45, 2.75) is 6.18 Å². The number of hydrogen-bond acceptors (Lipinski definition) is 8. The van der Waals surface area contributed by atoms with Crippen LogP contribution >= 0.6 is 11.5 Å². The van der Waals surface area contributed by atoms with Gasteiger partial charge in [-0.25, -0.2) is 4.68 Å². The van der Waals surface area contributed by atoms with Crippen molar-refractivity contribution >= 4 is 28.7 Å². The van der Waals surface area contributed by atoms with Crippen molar-refractivity contribution in [2.75, 3.05) is 26.2 Å². The number of rotatable bonds is 4. The van der Waals surface area contributed by atoms with E-state index in [0.717, 1.165) is 28.5 Å². The van der Waals surface area contributed by atoms with Crippen molar-refractivity contribution in [1.29, 1.82) is 0 Å². The smallest absolute Gasteiger partial charge is 0.365 e. The van der Waals surface area contributed by atoms with Crippen LogP contribution in [0.25, 0.3) is 10.7 Å². The summed E-state index contributed by atoms with van der Waals surface area (Å²) in [6.45, 7) is 2.69. The van der Waals surface area contributed by atoms with Crippen molar-refractivity contribution in [1.82, 2.24) is 28.9 Å². The molecule has 0 unspecified atom stereocenters. The van der Waals surface area contributed by atoms with Crippen LogP contribution in [0.2, 0.25) is 0 Å². The Morgan fingerprint density at radius 1 is 1.07 bits per heavy atom.